The molecule has 5 heteroatoms. The van der Waals surface area contributed by atoms with Crippen molar-refractivity contribution in [3.63, 3.8) is 0 Å². The van der Waals surface area contributed by atoms with Gasteiger partial charge in [0.05, 0.1) is 17.1 Å². The highest BCUT2D eigenvalue weighted by Gasteiger charge is 2.23. The Balaban J connectivity index is 2.03. The van der Waals surface area contributed by atoms with E-state index in [9.17, 15) is 14.7 Å². The highest BCUT2D eigenvalue weighted by Crippen LogP contribution is 2.29. The molecule has 128 valence electrons. The lowest BCUT2D eigenvalue weighted by Crippen LogP contribution is -2.22. The van der Waals surface area contributed by atoms with Gasteiger partial charge >= 0.3 is 11.7 Å². The van der Waals surface area contributed by atoms with Crippen molar-refractivity contribution in [1.29, 1.82) is 0 Å². The molecule has 0 unspecified atom stereocenters. The Morgan fingerprint density at radius 2 is 1.46 bits per heavy atom. The van der Waals surface area contributed by atoms with Crippen LogP contribution in [0.15, 0.2) is 88.1 Å². The van der Waals surface area contributed by atoms with Gasteiger partial charge in [-0.3, -0.25) is 4.57 Å². The fourth-order valence-electron chi connectivity index (χ4n) is 3.17. The van der Waals surface area contributed by atoms with Crippen LogP contribution < -0.4 is 5.76 Å². The molecule has 26 heavy (non-hydrogen) atoms. The molecule has 4 rings (SSSR count). The van der Waals surface area contributed by atoms with Crippen LogP contribution in [0.2, 0.25) is 0 Å². The predicted molar refractivity (Wildman–Crippen MR) is 97.6 cm³/mol. The van der Waals surface area contributed by atoms with Gasteiger partial charge in [-0.15, -0.1) is 0 Å². The second-order valence-electron chi connectivity index (χ2n) is 5.95. The van der Waals surface area contributed by atoms with Gasteiger partial charge in [-0.25, -0.2) is 9.59 Å². The van der Waals surface area contributed by atoms with Gasteiger partial charge in [-0.05, 0) is 29.3 Å². The third kappa shape index (κ3) is 2.69. The molecule has 0 spiro atoms. The van der Waals surface area contributed by atoms with Crippen molar-refractivity contribution in [2.24, 2.45) is 0 Å². The van der Waals surface area contributed by atoms with E-state index in [2.05, 4.69) is 0 Å². The largest absolute Gasteiger partial charge is 0.478 e. The SMILES string of the molecule is O=C(O)c1ccc2oc(=O)n(C(c3ccccc3)c3ccccc3)c2c1. The second kappa shape index (κ2) is 6.37. The van der Waals surface area contributed by atoms with Crippen molar-refractivity contribution in [3.8, 4) is 0 Å². The summed E-state index contributed by atoms with van der Waals surface area (Å²) in [5.74, 6) is -1.58. The Morgan fingerprint density at radius 3 is 2.00 bits per heavy atom. The van der Waals surface area contributed by atoms with Crippen LogP contribution in [-0.4, -0.2) is 15.6 Å². The van der Waals surface area contributed by atoms with Crippen molar-refractivity contribution in [1.82, 2.24) is 4.57 Å². The molecule has 1 aromatic heterocycles. The zero-order valence-corrected chi connectivity index (χ0v) is 13.7. The summed E-state index contributed by atoms with van der Waals surface area (Å²) in [6, 6.07) is 23.2. The third-order valence-corrected chi connectivity index (χ3v) is 4.35. The maximum absolute atomic E-state index is 12.7. The van der Waals surface area contributed by atoms with Gasteiger partial charge in [-0.1, -0.05) is 60.7 Å². The van der Waals surface area contributed by atoms with Gasteiger partial charge in [-0.2, -0.15) is 0 Å². The predicted octanol–water partition coefficient (Wildman–Crippen LogP) is 3.93. The number of benzene rings is 3. The summed E-state index contributed by atoms with van der Waals surface area (Å²) in [6.07, 6.45) is 0. The second-order valence-corrected chi connectivity index (χ2v) is 5.95. The van der Waals surface area contributed by atoms with Crippen molar-refractivity contribution < 1.29 is 14.3 Å². The molecule has 0 aliphatic rings. The highest BCUT2D eigenvalue weighted by molar-refractivity contribution is 5.92. The number of aromatic carboxylic acids is 1. The van der Waals surface area contributed by atoms with E-state index in [0.29, 0.717) is 11.1 Å². The summed E-state index contributed by atoms with van der Waals surface area (Å²) in [4.78, 5) is 24.0. The van der Waals surface area contributed by atoms with Crippen LogP contribution in [0.1, 0.15) is 27.5 Å². The Hall–Kier alpha value is -3.60. The van der Waals surface area contributed by atoms with E-state index in [1.807, 2.05) is 60.7 Å². The van der Waals surface area contributed by atoms with Crippen molar-refractivity contribution in [2.75, 3.05) is 0 Å². The first-order valence-electron chi connectivity index (χ1n) is 8.13. The Morgan fingerprint density at radius 1 is 0.885 bits per heavy atom. The summed E-state index contributed by atoms with van der Waals surface area (Å²) >= 11 is 0. The number of rotatable bonds is 4. The first-order valence-corrected chi connectivity index (χ1v) is 8.13. The lowest BCUT2D eigenvalue weighted by Gasteiger charge is -2.19. The van der Waals surface area contributed by atoms with E-state index in [4.69, 9.17) is 4.42 Å². The molecule has 0 fully saturated rings. The average molecular weight is 345 g/mol. The molecule has 0 saturated heterocycles. The number of hydrogen-bond acceptors (Lipinski definition) is 3. The Labute approximate surface area is 148 Å². The molecule has 0 saturated carbocycles. The van der Waals surface area contributed by atoms with Gasteiger partial charge in [0.1, 0.15) is 0 Å². The number of carbonyl (C=O) groups is 1. The van der Waals surface area contributed by atoms with Crippen LogP contribution in [0.3, 0.4) is 0 Å². The van der Waals surface area contributed by atoms with Gasteiger partial charge in [0.25, 0.3) is 0 Å². The molecule has 0 aliphatic heterocycles. The number of carboxylic acids is 1. The fourth-order valence-corrected chi connectivity index (χ4v) is 3.17. The van der Waals surface area contributed by atoms with Crippen molar-refractivity contribution in [3.05, 3.63) is 106 Å². The summed E-state index contributed by atoms with van der Waals surface area (Å²) in [5, 5.41) is 9.30. The molecule has 3 aromatic carbocycles. The highest BCUT2D eigenvalue weighted by atomic mass is 16.4. The quantitative estimate of drug-likeness (QED) is 0.608. The maximum Gasteiger partial charge on any atom is 0.420 e. The minimum absolute atomic E-state index is 0.104. The van der Waals surface area contributed by atoms with E-state index in [0.717, 1.165) is 11.1 Å². The Bertz CT molecular complexity index is 1090. The number of hydrogen-bond donors (Lipinski definition) is 1. The van der Waals surface area contributed by atoms with E-state index >= 15 is 0 Å². The van der Waals surface area contributed by atoms with E-state index in [1.54, 1.807) is 0 Å². The van der Waals surface area contributed by atoms with Crippen LogP contribution in [0, 0.1) is 0 Å². The number of carboxylic acid groups (broad SMARTS) is 1. The molecular weight excluding hydrogens is 330 g/mol. The molecule has 0 aliphatic carbocycles. The molecule has 0 atom stereocenters. The molecule has 1 heterocycles. The van der Waals surface area contributed by atoms with E-state index in [1.165, 1.54) is 22.8 Å². The lowest BCUT2D eigenvalue weighted by molar-refractivity contribution is 0.0697. The topological polar surface area (TPSA) is 72.4 Å². The molecule has 0 bridgehead atoms. The molecule has 0 amide bonds. The van der Waals surface area contributed by atoms with Crippen LogP contribution in [0.25, 0.3) is 11.1 Å². The lowest BCUT2D eigenvalue weighted by atomic mass is 9.98. The minimum Gasteiger partial charge on any atom is -0.478 e. The van der Waals surface area contributed by atoms with Crippen LogP contribution >= 0.6 is 0 Å². The normalized spacial score (nSPS) is 11.1. The number of fused-ring (bicyclic) bond motifs is 1. The molecule has 5 nitrogen and oxygen atoms in total. The standard InChI is InChI=1S/C21H15NO4/c23-20(24)16-11-12-18-17(13-16)22(21(25)26-18)19(14-7-3-1-4-8-14)15-9-5-2-6-10-15/h1-13,19H,(H,23,24). The number of nitrogens with zero attached hydrogens (tertiary/aromatic N) is 1. The van der Waals surface area contributed by atoms with Crippen molar-refractivity contribution >= 4 is 17.1 Å². The van der Waals surface area contributed by atoms with Crippen LogP contribution in [-0.2, 0) is 0 Å². The van der Waals surface area contributed by atoms with Crippen LogP contribution in [0.5, 0.6) is 0 Å². The summed E-state index contributed by atoms with van der Waals surface area (Å²) in [6.45, 7) is 0. The molecule has 4 aromatic rings. The van der Waals surface area contributed by atoms with E-state index < -0.39 is 17.8 Å². The van der Waals surface area contributed by atoms with Gasteiger partial charge in [0.2, 0.25) is 0 Å². The van der Waals surface area contributed by atoms with Crippen molar-refractivity contribution in [2.45, 2.75) is 6.04 Å². The third-order valence-electron chi connectivity index (χ3n) is 4.35. The fraction of sp³-hybridized carbons (Fsp3) is 0.0476. The molecule has 1 N–H and O–H groups in total. The Kier molecular flexibility index (Phi) is 3.89. The zero-order chi connectivity index (χ0) is 18.1. The van der Waals surface area contributed by atoms with E-state index in [-0.39, 0.29) is 5.56 Å². The maximum atomic E-state index is 12.7. The van der Waals surface area contributed by atoms with Gasteiger partial charge in [0, 0.05) is 0 Å². The summed E-state index contributed by atoms with van der Waals surface area (Å²) < 4.78 is 6.88. The number of aromatic nitrogens is 1. The first kappa shape index (κ1) is 15.9. The smallest absolute Gasteiger partial charge is 0.420 e. The first-order chi connectivity index (χ1) is 12.6. The summed E-state index contributed by atoms with van der Waals surface area (Å²) in [7, 11) is 0. The number of oxazole rings is 1. The molecule has 0 radical (unpaired) electrons. The van der Waals surface area contributed by atoms with Gasteiger partial charge in [0.15, 0.2) is 5.58 Å². The van der Waals surface area contributed by atoms with Gasteiger partial charge < -0.3 is 9.52 Å². The zero-order valence-electron chi connectivity index (χ0n) is 13.7. The molecular formula is C21H15NO4. The average Bonchev–Trinajstić information content (AvgIpc) is 2.99. The van der Waals surface area contributed by atoms with Crippen LogP contribution in [0.4, 0.5) is 0 Å². The monoisotopic (exact) mass is 345 g/mol. The summed E-state index contributed by atoms with van der Waals surface area (Å²) in [5.41, 5.74) is 2.73. The minimum atomic E-state index is -1.05.